The highest BCUT2D eigenvalue weighted by Crippen LogP contribution is 2.43. The molecule has 0 radical (unpaired) electrons. The first-order valence-corrected chi connectivity index (χ1v) is 31.0. The van der Waals surface area contributed by atoms with Crippen LogP contribution in [0.25, 0.3) is 0 Å². The van der Waals surface area contributed by atoms with E-state index in [0.29, 0.717) is 6.42 Å². The van der Waals surface area contributed by atoms with Crippen LogP contribution in [0.2, 0.25) is 0 Å². The molecule has 0 aromatic heterocycles. The smallest absolute Gasteiger partial charge is 0.462 e. The molecule has 0 aromatic carbocycles. The summed E-state index contributed by atoms with van der Waals surface area (Å²) in [6, 6.07) is 0. The summed E-state index contributed by atoms with van der Waals surface area (Å²) in [5.74, 6) is -0.817. The lowest BCUT2D eigenvalue weighted by molar-refractivity contribution is -0.161. The van der Waals surface area contributed by atoms with Gasteiger partial charge in [0, 0.05) is 19.4 Å². The molecule has 69 heavy (non-hydrogen) atoms. The molecule has 0 aliphatic carbocycles. The molecule has 0 rings (SSSR count). The highest BCUT2D eigenvalue weighted by Gasteiger charge is 2.26. The van der Waals surface area contributed by atoms with Gasteiger partial charge in [0.15, 0.2) is 6.10 Å². The molecule has 0 spiro atoms. The second kappa shape index (κ2) is 55.5. The molecule has 0 saturated carbocycles. The Morgan fingerprint density at radius 1 is 0.435 bits per heavy atom. The van der Waals surface area contributed by atoms with Crippen LogP contribution in [0.3, 0.4) is 0 Å². The summed E-state index contributed by atoms with van der Waals surface area (Å²) in [5, 5.41) is 0. The van der Waals surface area contributed by atoms with E-state index in [0.717, 1.165) is 57.8 Å². The molecule has 0 saturated heterocycles. The van der Waals surface area contributed by atoms with Gasteiger partial charge in [0.2, 0.25) is 0 Å². The lowest BCUT2D eigenvalue weighted by Crippen LogP contribution is -2.29. The lowest BCUT2D eigenvalue weighted by atomic mass is 10.0. The number of esters is 2. The number of phosphoric ester groups is 1. The van der Waals surface area contributed by atoms with E-state index in [1.165, 1.54) is 205 Å². The molecule has 2 atom stereocenters. The number of hydrogen-bond donors (Lipinski definition) is 2. The number of ether oxygens (including phenoxy) is 2. The van der Waals surface area contributed by atoms with Crippen LogP contribution < -0.4 is 5.73 Å². The third-order valence-electron chi connectivity index (χ3n) is 13.0. The minimum atomic E-state index is -4.39. The number of rotatable bonds is 56. The minimum absolute atomic E-state index is 0.0539. The van der Waals surface area contributed by atoms with Crippen molar-refractivity contribution in [3.05, 3.63) is 36.5 Å². The van der Waals surface area contributed by atoms with E-state index in [1.807, 2.05) is 0 Å². The minimum Gasteiger partial charge on any atom is -0.462 e. The van der Waals surface area contributed by atoms with Gasteiger partial charge in [-0.25, -0.2) is 4.57 Å². The van der Waals surface area contributed by atoms with E-state index in [1.54, 1.807) is 0 Å². The van der Waals surface area contributed by atoms with Gasteiger partial charge in [-0.3, -0.25) is 18.6 Å². The Bertz CT molecular complexity index is 1220. The van der Waals surface area contributed by atoms with Gasteiger partial charge >= 0.3 is 19.8 Å². The van der Waals surface area contributed by atoms with Crippen LogP contribution in [-0.4, -0.2) is 49.3 Å². The van der Waals surface area contributed by atoms with Crippen LogP contribution in [0.4, 0.5) is 0 Å². The van der Waals surface area contributed by atoms with Crippen molar-refractivity contribution in [1.29, 1.82) is 0 Å². The fourth-order valence-electron chi connectivity index (χ4n) is 8.65. The molecule has 0 bridgehead atoms. The number of hydrogen-bond acceptors (Lipinski definition) is 8. The second-order valence-corrected chi connectivity index (χ2v) is 21.3. The zero-order chi connectivity index (χ0) is 50.2. The van der Waals surface area contributed by atoms with Gasteiger partial charge in [0.05, 0.1) is 13.2 Å². The zero-order valence-electron chi connectivity index (χ0n) is 45.3. The molecular weight excluding hydrogens is 882 g/mol. The van der Waals surface area contributed by atoms with E-state index in [2.05, 4.69) is 50.3 Å². The van der Waals surface area contributed by atoms with Crippen LogP contribution in [0.1, 0.15) is 296 Å². The molecule has 0 aliphatic heterocycles. The molecule has 2 unspecified atom stereocenters. The monoisotopic (exact) mass is 994 g/mol. The van der Waals surface area contributed by atoms with E-state index in [9.17, 15) is 19.0 Å². The topological polar surface area (TPSA) is 134 Å². The van der Waals surface area contributed by atoms with E-state index < -0.39 is 26.5 Å². The molecule has 0 amide bonds. The molecule has 3 N–H and O–H groups in total. The standard InChI is InChI=1S/C59H112NO8P/c1-3-5-7-9-11-13-15-17-19-21-23-25-27-28-30-32-34-36-38-40-42-44-46-48-50-52-59(62)68-57(56-67-69(63,64)66-54-53-60)55-65-58(61)51-49-47-45-43-41-39-37-35-33-31-29-26-24-22-20-18-16-14-12-10-8-6-4-2/h15,17,21,23,27-28,57H,3-14,16,18-20,22,24-26,29-56,60H2,1-2H3,(H,63,64)/b17-15-,23-21-,28-27-. The van der Waals surface area contributed by atoms with Gasteiger partial charge in [-0.15, -0.1) is 0 Å². The van der Waals surface area contributed by atoms with Gasteiger partial charge in [-0.05, 0) is 51.4 Å². The summed E-state index contributed by atoms with van der Waals surface area (Å²) >= 11 is 0. The normalized spacial score (nSPS) is 13.3. The first-order valence-electron chi connectivity index (χ1n) is 29.5. The molecule has 10 heteroatoms. The van der Waals surface area contributed by atoms with Crippen LogP contribution >= 0.6 is 7.82 Å². The maximum atomic E-state index is 12.7. The Balaban J connectivity index is 3.95. The average Bonchev–Trinajstić information content (AvgIpc) is 3.34. The van der Waals surface area contributed by atoms with Gasteiger partial charge in [-0.2, -0.15) is 0 Å². The van der Waals surface area contributed by atoms with Crippen LogP contribution in [0.5, 0.6) is 0 Å². The summed E-state index contributed by atoms with van der Waals surface area (Å²) < 4.78 is 33.1. The highest BCUT2D eigenvalue weighted by molar-refractivity contribution is 7.47. The molecular formula is C59H112NO8P. The number of carbonyl (C=O) groups excluding carboxylic acids is 2. The van der Waals surface area contributed by atoms with Gasteiger partial charge < -0.3 is 20.1 Å². The van der Waals surface area contributed by atoms with Crippen molar-refractivity contribution in [1.82, 2.24) is 0 Å². The zero-order valence-corrected chi connectivity index (χ0v) is 46.2. The molecule has 0 heterocycles. The average molecular weight is 995 g/mol. The third-order valence-corrected chi connectivity index (χ3v) is 14.0. The highest BCUT2D eigenvalue weighted by atomic mass is 31.2. The van der Waals surface area contributed by atoms with Crippen LogP contribution in [0.15, 0.2) is 36.5 Å². The van der Waals surface area contributed by atoms with Gasteiger partial charge in [0.25, 0.3) is 0 Å². The molecule has 0 fully saturated rings. The van der Waals surface area contributed by atoms with Crippen LogP contribution in [0, 0.1) is 0 Å². The van der Waals surface area contributed by atoms with Crippen molar-refractivity contribution in [2.24, 2.45) is 5.73 Å². The maximum absolute atomic E-state index is 12.7. The second-order valence-electron chi connectivity index (χ2n) is 19.9. The Kier molecular flexibility index (Phi) is 54.1. The van der Waals surface area contributed by atoms with Crippen molar-refractivity contribution in [2.75, 3.05) is 26.4 Å². The first-order chi connectivity index (χ1) is 33.8. The summed E-state index contributed by atoms with van der Waals surface area (Å²) in [6.07, 6.45) is 66.3. The molecule has 0 aliphatic rings. The van der Waals surface area contributed by atoms with E-state index in [4.69, 9.17) is 24.3 Å². The number of carbonyl (C=O) groups is 2. The predicted molar refractivity (Wildman–Crippen MR) is 294 cm³/mol. The maximum Gasteiger partial charge on any atom is 0.472 e. The van der Waals surface area contributed by atoms with Gasteiger partial charge in [0.1, 0.15) is 6.61 Å². The SMILES string of the molecule is CCCCCCC/C=C\C/C=C\C/C=C\CCCCCCCCCCCCC(=O)OC(COC(=O)CCCCCCCCCCCCCCCCCCCCCCCCC)COP(=O)(O)OCCN. The lowest BCUT2D eigenvalue weighted by Gasteiger charge is -2.19. The Hall–Kier alpha value is -1.77. The molecule has 0 aromatic rings. The van der Waals surface area contributed by atoms with E-state index in [-0.39, 0.29) is 38.6 Å². The summed E-state index contributed by atoms with van der Waals surface area (Å²) in [6.45, 7) is 3.78. The largest absolute Gasteiger partial charge is 0.472 e. The van der Waals surface area contributed by atoms with Crippen molar-refractivity contribution in [2.45, 2.75) is 302 Å². The number of unbranched alkanes of at least 4 members (excludes halogenated alkanes) is 37. The fraction of sp³-hybridized carbons (Fsp3) is 0.864. The predicted octanol–water partition coefficient (Wildman–Crippen LogP) is 18.4. The van der Waals surface area contributed by atoms with Crippen molar-refractivity contribution >= 4 is 19.8 Å². The Morgan fingerprint density at radius 2 is 0.754 bits per heavy atom. The molecule has 406 valence electrons. The number of nitrogens with two attached hydrogens (primary N) is 1. The summed E-state index contributed by atoms with van der Waals surface area (Å²) in [4.78, 5) is 35.2. The van der Waals surface area contributed by atoms with Crippen molar-refractivity contribution < 1.29 is 37.6 Å². The molecule has 9 nitrogen and oxygen atoms in total. The van der Waals surface area contributed by atoms with E-state index >= 15 is 0 Å². The third kappa shape index (κ3) is 55.4. The first kappa shape index (κ1) is 67.2. The van der Waals surface area contributed by atoms with Crippen molar-refractivity contribution in [3.8, 4) is 0 Å². The number of phosphoric acid groups is 1. The Labute approximate surface area is 426 Å². The van der Waals surface area contributed by atoms with Gasteiger partial charge in [-0.1, -0.05) is 269 Å². The fourth-order valence-corrected chi connectivity index (χ4v) is 9.41. The summed E-state index contributed by atoms with van der Waals surface area (Å²) in [5.41, 5.74) is 5.38. The Morgan fingerprint density at radius 3 is 1.12 bits per heavy atom. The van der Waals surface area contributed by atoms with Crippen molar-refractivity contribution in [3.63, 3.8) is 0 Å². The quantitative estimate of drug-likeness (QED) is 0.0264. The summed E-state index contributed by atoms with van der Waals surface area (Å²) in [7, 11) is -4.39. The number of allylic oxidation sites excluding steroid dienone is 6. The van der Waals surface area contributed by atoms with Crippen LogP contribution in [-0.2, 0) is 32.7 Å².